The van der Waals surface area contributed by atoms with Crippen LogP contribution in [-0.2, 0) is 4.74 Å². The number of nitrogen functional groups attached to an aromatic ring is 1. The zero-order valence-corrected chi connectivity index (χ0v) is 12.3. The van der Waals surface area contributed by atoms with Gasteiger partial charge in [0, 0.05) is 26.2 Å². The topological polar surface area (TPSA) is 85.3 Å². The number of piperazine rings is 1. The summed E-state index contributed by atoms with van der Waals surface area (Å²) in [5.41, 5.74) is 6.83. The average Bonchev–Trinajstić information content (AvgIpc) is 3.00. The second-order valence-corrected chi connectivity index (χ2v) is 5.64. The Labute approximate surface area is 128 Å². The Morgan fingerprint density at radius 2 is 1.95 bits per heavy atom. The smallest absolute Gasteiger partial charge is 0.151 e. The molecule has 4 heterocycles. The summed E-state index contributed by atoms with van der Waals surface area (Å²) in [6.07, 6.45) is 3.38. The van der Waals surface area contributed by atoms with E-state index in [0.29, 0.717) is 11.9 Å². The molecule has 2 aromatic heterocycles. The molecular formula is C14H19N7O. The van der Waals surface area contributed by atoms with Crippen LogP contribution in [0.5, 0.6) is 0 Å². The summed E-state index contributed by atoms with van der Waals surface area (Å²) in [6, 6.07) is 4.54. The van der Waals surface area contributed by atoms with Gasteiger partial charge in [-0.05, 0) is 12.1 Å². The maximum Gasteiger partial charge on any atom is 0.151 e. The Balaban J connectivity index is 1.46. The predicted molar refractivity (Wildman–Crippen MR) is 82.0 cm³/mol. The highest BCUT2D eigenvalue weighted by Gasteiger charge is 2.29. The van der Waals surface area contributed by atoms with Gasteiger partial charge in [0.05, 0.1) is 31.6 Å². The van der Waals surface area contributed by atoms with Crippen LogP contribution in [0.15, 0.2) is 24.5 Å². The van der Waals surface area contributed by atoms with E-state index in [1.165, 1.54) is 0 Å². The van der Waals surface area contributed by atoms with Gasteiger partial charge in [-0.2, -0.15) is 0 Å². The van der Waals surface area contributed by atoms with Crippen molar-refractivity contribution in [1.29, 1.82) is 0 Å². The van der Waals surface area contributed by atoms with Gasteiger partial charge in [-0.25, -0.2) is 9.67 Å². The van der Waals surface area contributed by atoms with Gasteiger partial charge in [-0.1, -0.05) is 5.21 Å². The normalized spacial score (nSPS) is 20.1. The van der Waals surface area contributed by atoms with Crippen molar-refractivity contribution in [2.45, 2.75) is 6.04 Å². The number of ether oxygens (including phenoxy) is 1. The van der Waals surface area contributed by atoms with Gasteiger partial charge in [0.25, 0.3) is 0 Å². The van der Waals surface area contributed by atoms with Gasteiger partial charge in [0.1, 0.15) is 11.5 Å². The lowest BCUT2D eigenvalue weighted by Gasteiger charge is -2.42. The van der Waals surface area contributed by atoms with Crippen LogP contribution in [0.25, 0.3) is 5.69 Å². The quantitative estimate of drug-likeness (QED) is 0.837. The summed E-state index contributed by atoms with van der Waals surface area (Å²) in [4.78, 5) is 9.30. The number of nitrogens with zero attached hydrogens (tertiary/aromatic N) is 6. The highest BCUT2D eigenvalue weighted by molar-refractivity contribution is 5.57. The minimum absolute atomic E-state index is 0.470. The molecule has 0 atom stereocenters. The third kappa shape index (κ3) is 2.40. The fraction of sp³-hybridized carbons (Fsp3) is 0.500. The van der Waals surface area contributed by atoms with Crippen LogP contribution >= 0.6 is 0 Å². The third-order valence-electron chi connectivity index (χ3n) is 4.33. The predicted octanol–water partition coefficient (Wildman–Crippen LogP) is -0.235. The first-order valence-electron chi connectivity index (χ1n) is 7.51. The van der Waals surface area contributed by atoms with Crippen molar-refractivity contribution < 1.29 is 4.74 Å². The zero-order valence-electron chi connectivity index (χ0n) is 12.3. The summed E-state index contributed by atoms with van der Waals surface area (Å²) in [7, 11) is 0. The lowest BCUT2D eigenvalue weighted by molar-refractivity contribution is -0.0660. The monoisotopic (exact) mass is 301 g/mol. The SMILES string of the molecule is Nc1nc(N2CCN(C3COC3)CC2)ccc1-n1ccnn1. The van der Waals surface area contributed by atoms with E-state index >= 15 is 0 Å². The van der Waals surface area contributed by atoms with Gasteiger partial charge in [0.15, 0.2) is 5.82 Å². The molecule has 2 fully saturated rings. The summed E-state index contributed by atoms with van der Waals surface area (Å²) in [5, 5.41) is 7.74. The molecule has 0 unspecified atom stereocenters. The van der Waals surface area contributed by atoms with Crippen LogP contribution in [0.2, 0.25) is 0 Å². The lowest BCUT2D eigenvalue weighted by Crippen LogP contribution is -2.56. The molecule has 116 valence electrons. The van der Waals surface area contributed by atoms with Crippen LogP contribution in [0.3, 0.4) is 0 Å². The number of rotatable bonds is 3. The second kappa shape index (κ2) is 5.54. The van der Waals surface area contributed by atoms with Crippen LogP contribution in [0, 0.1) is 0 Å². The number of aromatic nitrogens is 4. The molecule has 2 aromatic rings. The van der Waals surface area contributed by atoms with Crippen molar-refractivity contribution in [3.8, 4) is 5.69 Å². The van der Waals surface area contributed by atoms with Crippen molar-refractivity contribution in [1.82, 2.24) is 24.9 Å². The first kappa shape index (κ1) is 13.5. The van der Waals surface area contributed by atoms with E-state index in [1.807, 2.05) is 12.1 Å². The fourth-order valence-corrected chi connectivity index (χ4v) is 2.91. The Bertz CT molecular complexity index is 633. The van der Waals surface area contributed by atoms with Crippen LogP contribution in [-0.4, -0.2) is 70.3 Å². The van der Waals surface area contributed by atoms with Crippen molar-refractivity contribution in [2.24, 2.45) is 0 Å². The minimum atomic E-state index is 0.470. The van der Waals surface area contributed by atoms with E-state index in [-0.39, 0.29) is 0 Å². The van der Waals surface area contributed by atoms with E-state index in [4.69, 9.17) is 10.5 Å². The summed E-state index contributed by atoms with van der Waals surface area (Å²) in [5.74, 6) is 1.39. The number of hydrogen-bond donors (Lipinski definition) is 1. The Morgan fingerprint density at radius 3 is 2.55 bits per heavy atom. The van der Waals surface area contributed by atoms with Crippen LogP contribution in [0.1, 0.15) is 0 Å². The highest BCUT2D eigenvalue weighted by Crippen LogP contribution is 2.22. The Hall–Kier alpha value is -2.19. The molecule has 8 nitrogen and oxygen atoms in total. The Morgan fingerprint density at radius 1 is 1.14 bits per heavy atom. The van der Waals surface area contributed by atoms with Crippen molar-refractivity contribution in [3.63, 3.8) is 0 Å². The van der Waals surface area contributed by atoms with Crippen LogP contribution in [0.4, 0.5) is 11.6 Å². The molecule has 0 spiro atoms. The summed E-state index contributed by atoms with van der Waals surface area (Å²) in [6.45, 7) is 5.76. The number of hydrogen-bond acceptors (Lipinski definition) is 7. The molecule has 22 heavy (non-hydrogen) atoms. The van der Waals surface area contributed by atoms with Gasteiger partial charge in [-0.15, -0.1) is 5.10 Å². The molecule has 0 aromatic carbocycles. The number of pyridine rings is 1. The molecule has 4 rings (SSSR count). The van der Waals surface area contributed by atoms with E-state index in [2.05, 4.69) is 25.1 Å². The van der Waals surface area contributed by atoms with E-state index < -0.39 is 0 Å². The van der Waals surface area contributed by atoms with Crippen LogP contribution < -0.4 is 10.6 Å². The lowest BCUT2D eigenvalue weighted by atomic mass is 10.2. The molecule has 2 saturated heterocycles. The molecule has 0 bridgehead atoms. The molecule has 0 aliphatic carbocycles. The molecule has 0 saturated carbocycles. The van der Waals surface area contributed by atoms with E-state index in [0.717, 1.165) is 50.9 Å². The largest absolute Gasteiger partial charge is 0.382 e. The van der Waals surface area contributed by atoms with Crippen molar-refractivity contribution >= 4 is 11.6 Å². The molecular weight excluding hydrogens is 282 g/mol. The third-order valence-corrected chi connectivity index (χ3v) is 4.33. The first-order chi connectivity index (χ1) is 10.8. The Kier molecular flexibility index (Phi) is 3.39. The summed E-state index contributed by atoms with van der Waals surface area (Å²) < 4.78 is 6.89. The standard InChI is InChI=1S/C14H19N7O/c15-14-12(21-4-3-16-18-21)1-2-13(17-14)20-7-5-19(6-8-20)11-9-22-10-11/h1-4,11H,5-10H2,(H2,15,17). The molecule has 0 amide bonds. The fourth-order valence-electron chi connectivity index (χ4n) is 2.91. The molecule has 0 radical (unpaired) electrons. The molecule has 2 N–H and O–H groups in total. The molecule has 2 aliphatic rings. The maximum absolute atomic E-state index is 6.07. The average molecular weight is 301 g/mol. The highest BCUT2D eigenvalue weighted by atomic mass is 16.5. The first-order valence-corrected chi connectivity index (χ1v) is 7.51. The van der Waals surface area contributed by atoms with Gasteiger partial charge in [0.2, 0.25) is 0 Å². The number of anilines is 2. The number of nitrogens with two attached hydrogens (primary N) is 1. The van der Waals surface area contributed by atoms with E-state index in [1.54, 1.807) is 17.1 Å². The van der Waals surface area contributed by atoms with Gasteiger partial charge >= 0.3 is 0 Å². The molecule has 2 aliphatic heterocycles. The second-order valence-electron chi connectivity index (χ2n) is 5.64. The van der Waals surface area contributed by atoms with Gasteiger partial charge < -0.3 is 15.4 Å². The molecule has 8 heteroatoms. The minimum Gasteiger partial charge on any atom is -0.382 e. The van der Waals surface area contributed by atoms with Crippen molar-refractivity contribution in [3.05, 3.63) is 24.5 Å². The van der Waals surface area contributed by atoms with E-state index in [9.17, 15) is 0 Å². The maximum atomic E-state index is 6.07. The van der Waals surface area contributed by atoms with Crippen molar-refractivity contribution in [2.75, 3.05) is 50.0 Å². The van der Waals surface area contributed by atoms with Gasteiger partial charge in [-0.3, -0.25) is 4.90 Å². The zero-order chi connectivity index (χ0) is 14.9. The summed E-state index contributed by atoms with van der Waals surface area (Å²) >= 11 is 0.